The molecule has 4 heteroatoms. The van der Waals surface area contributed by atoms with E-state index >= 15 is 0 Å². The average molecular weight is 377 g/mol. The fraction of sp³-hybridized carbons (Fsp3) is 0.333. The van der Waals surface area contributed by atoms with Gasteiger partial charge in [0.2, 0.25) is 0 Å². The first-order chi connectivity index (χ1) is 13.0. The summed E-state index contributed by atoms with van der Waals surface area (Å²) in [6, 6.07) is 11.2. The molecule has 0 saturated carbocycles. The van der Waals surface area contributed by atoms with Crippen LogP contribution in [-0.2, 0) is 10.8 Å². The quantitative estimate of drug-likeness (QED) is 0.617. The Morgan fingerprint density at radius 1 is 0.643 bits per heavy atom. The molecule has 4 nitrogen and oxygen atoms in total. The van der Waals surface area contributed by atoms with Gasteiger partial charge in [-0.1, -0.05) is 64.1 Å². The summed E-state index contributed by atoms with van der Waals surface area (Å²) in [5.41, 5.74) is 3.34. The lowest BCUT2D eigenvalue weighted by Crippen LogP contribution is -2.20. The van der Waals surface area contributed by atoms with Gasteiger partial charge in [0.15, 0.2) is 0 Å². The van der Waals surface area contributed by atoms with Crippen molar-refractivity contribution in [1.29, 1.82) is 0 Å². The zero-order chi connectivity index (χ0) is 20.7. The zero-order valence-corrected chi connectivity index (χ0v) is 17.4. The van der Waals surface area contributed by atoms with Crippen molar-refractivity contribution in [2.75, 3.05) is 0 Å². The van der Waals surface area contributed by atoms with E-state index in [9.17, 15) is 10.2 Å². The maximum atomic E-state index is 11.1. The van der Waals surface area contributed by atoms with Crippen LogP contribution in [0.25, 0.3) is 11.1 Å². The van der Waals surface area contributed by atoms with Gasteiger partial charge in [-0.25, -0.2) is 0 Å². The lowest BCUT2D eigenvalue weighted by molar-refractivity contribution is 0.453. The normalized spacial score (nSPS) is 20.6. The summed E-state index contributed by atoms with van der Waals surface area (Å²) < 4.78 is 0. The Kier molecular flexibility index (Phi) is 4.92. The SMILES string of the molecule is C/C1=C(\C)N=CC(C)(C)c2cccc(c2O)-c2cccc(c2O)C(C)(C)C=N1. The van der Waals surface area contributed by atoms with Crippen LogP contribution in [0.1, 0.15) is 52.7 Å². The second-order valence-electron chi connectivity index (χ2n) is 8.53. The monoisotopic (exact) mass is 376 g/mol. The second-order valence-corrected chi connectivity index (χ2v) is 8.53. The first-order valence-corrected chi connectivity index (χ1v) is 9.48. The maximum Gasteiger partial charge on any atom is 0.127 e. The topological polar surface area (TPSA) is 65.2 Å². The number of aliphatic imine (C=N–C) groups is 2. The van der Waals surface area contributed by atoms with E-state index in [4.69, 9.17) is 0 Å². The van der Waals surface area contributed by atoms with Gasteiger partial charge < -0.3 is 10.2 Å². The summed E-state index contributed by atoms with van der Waals surface area (Å²) in [5.74, 6) is 0.321. The van der Waals surface area contributed by atoms with E-state index in [0.29, 0.717) is 11.1 Å². The smallest absolute Gasteiger partial charge is 0.127 e. The van der Waals surface area contributed by atoms with Crippen LogP contribution in [0.4, 0.5) is 0 Å². The highest BCUT2D eigenvalue weighted by molar-refractivity contribution is 5.84. The van der Waals surface area contributed by atoms with Crippen LogP contribution in [0.3, 0.4) is 0 Å². The standard InChI is InChI=1S/C24H28N2O2/c1-15-16(2)26-14-24(5,6)20-12-8-10-18(22(20)28)17-9-7-11-19(21(17)27)23(3,4)13-25-15/h7-14,27-28H,1-6H3/b16-15-,25-13?,26-14?. The minimum atomic E-state index is -0.498. The molecule has 0 saturated heterocycles. The molecule has 0 radical (unpaired) electrons. The molecule has 0 amide bonds. The van der Waals surface area contributed by atoms with E-state index in [1.807, 2.05) is 90.4 Å². The number of aromatic hydroxyl groups is 2. The number of hydrogen-bond acceptors (Lipinski definition) is 4. The third kappa shape index (κ3) is 3.47. The Bertz CT molecular complexity index is 930. The molecule has 0 aromatic heterocycles. The van der Waals surface area contributed by atoms with Crippen molar-refractivity contribution in [3.05, 3.63) is 58.9 Å². The Morgan fingerprint density at radius 2 is 1.00 bits per heavy atom. The number of para-hydroxylation sites is 2. The molecule has 0 aliphatic carbocycles. The molecule has 1 aliphatic heterocycles. The van der Waals surface area contributed by atoms with Crippen LogP contribution in [-0.4, -0.2) is 22.6 Å². The number of hydrogen-bond donors (Lipinski definition) is 2. The largest absolute Gasteiger partial charge is 0.507 e. The van der Waals surface area contributed by atoms with Gasteiger partial charge in [-0.15, -0.1) is 0 Å². The zero-order valence-electron chi connectivity index (χ0n) is 17.4. The molecule has 1 heterocycles. The van der Waals surface area contributed by atoms with Crippen LogP contribution in [0, 0.1) is 0 Å². The summed E-state index contributed by atoms with van der Waals surface area (Å²) in [5, 5.41) is 22.1. The van der Waals surface area contributed by atoms with E-state index in [1.165, 1.54) is 0 Å². The van der Waals surface area contributed by atoms with Gasteiger partial charge in [0, 0.05) is 45.5 Å². The Morgan fingerprint density at radius 3 is 1.36 bits per heavy atom. The molecule has 0 unspecified atom stereocenters. The van der Waals surface area contributed by atoms with Crippen molar-refractivity contribution in [2.45, 2.75) is 52.4 Å². The molecule has 146 valence electrons. The van der Waals surface area contributed by atoms with Crippen molar-refractivity contribution < 1.29 is 10.2 Å². The fourth-order valence-electron chi connectivity index (χ4n) is 3.40. The molecule has 0 fully saturated rings. The maximum absolute atomic E-state index is 11.1. The molecular formula is C24H28N2O2. The van der Waals surface area contributed by atoms with Crippen molar-refractivity contribution in [1.82, 2.24) is 0 Å². The first kappa shape index (κ1) is 19.9. The molecule has 4 bridgehead atoms. The van der Waals surface area contributed by atoms with Crippen molar-refractivity contribution in [3.63, 3.8) is 0 Å². The summed E-state index contributed by atoms with van der Waals surface area (Å²) in [6.45, 7) is 11.9. The van der Waals surface area contributed by atoms with Crippen LogP contribution < -0.4 is 0 Å². The number of benzene rings is 2. The Hall–Kier alpha value is -2.88. The fourth-order valence-corrected chi connectivity index (χ4v) is 3.40. The summed E-state index contributed by atoms with van der Waals surface area (Å²) in [6.07, 6.45) is 3.68. The third-order valence-electron chi connectivity index (χ3n) is 5.44. The molecule has 1 aliphatic rings. The highest BCUT2D eigenvalue weighted by Gasteiger charge is 2.28. The van der Waals surface area contributed by atoms with Gasteiger partial charge in [0.1, 0.15) is 11.5 Å². The van der Waals surface area contributed by atoms with Gasteiger partial charge in [-0.05, 0) is 13.8 Å². The highest BCUT2D eigenvalue weighted by atomic mass is 16.3. The van der Waals surface area contributed by atoms with Crippen molar-refractivity contribution in [2.24, 2.45) is 9.98 Å². The van der Waals surface area contributed by atoms with Crippen molar-refractivity contribution >= 4 is 12.4 Å². The first-order valence-electron chi connectivity index (χ1n) is 9.48. The lowest BCUT2D eigenvalue weighted by Gasteiger charge is -2.25. The molecule has 0 spiro atoms. The molecular weight excluding hydrogens is 348 g/mol. The average Bonchev–Trinajstić information content (AvgIpc) is 2.64. The molecule has 3 rings (SSSR count). The van der Waals surface area contributed by atoms with E-state index in [0.717, 1.165) is 22.5 Å². The van der Waals surface area contributed by atoms with Crippen LogP contribution in [0.2, 0.25) is 0 Å². The summed E-state index contributed by atoms with van der Waals surface area (Å²) in [7, 11) is 0. The summed E-state index contributed by atoms with van der Waals surface area (Å²) in [4.78, 5) is 9.23. The van der Waals surface area contributed by atoms with E-state index < -0.39 is 10.8 Å². The second kappa shape index (κ2) is 6.93. The predicted molar refractivity (Wildman–Crippen MR) is 117 cm³/mol. The molecule has 28 heavy (non-hydrogen) atoms. The molecule has 2 aromatic carbocycles. The minimum absolute atomic E-state index is 0.160. The number of phenols is 2. The lowest BCUT2D eigenvalue weighted by atomic mass is 9.81. The van der Waals surface area contributed by atoms with E-state index in [2.05, 4.69) is 9.98 Å². The van der Waals surface area contributed by atoms with Crippen LogP contribution in [0.15, 0.2) is 57.8 Å². The number of fused-ring (bicyclic) bond motifs is 5. The van der Waals surface area contributed by atoms with Crippen molar-refractivity contribution in [3.8, 4) is 22.6 Å². The third-order valence-corrected chi connectivity index (χ3v) is 5.44. The molecule has 0 atom stereocenters. The van der Waals surface area contributed by atoms with Gasteiger partial charge in [0.25, 0.3) is 0 Å². The molecule has 2 aromatic rings. The highest BCUT2D eigenvalue weighted by Crippen LogP contribution is 2.44. The Balaban J connectivity index is 2.39. The number of allylic oxidation sites excluding steroid dienone is 2. The van der Waals surface area contributed by atoms with Gasteiger partial charge in [0.05, 0.1) is 11.4 Å². The van der Waals surface area contributed by atoms with Gasteiger partial charge in [-0.2, -0.15) is 0 Å². The summed E-state index contributed by atoms with van der Waals surface area (Å²) >= 11 is 0. The van der Waals surface area contributed by atoms with Crippen LogP contribution >= 0.6 is 0 Å². The Labute approximate surface area is 167 Å². The number of rotatable bonds is 0. The minimum Gasteiger partial charge on any atom is -0.507 e. The number of nitrogens with zero attached hydrogens (tertiary/aromatic N) is 2. The van der Waals surface area contributed by atoms with Gasteiger partial charge >= 0.3 is 0 Å². The number of phenolic OH excluding ortho intramolecular Hbond substituents is 2. The van der Waals surface area contributed by atoms with Crippen LogP contribution in [0.5, 0.6) is 11.5 Å². The van der Waals surface area contributed by atoms with E-state index in [1.54, 1.807) is 0 Å². The predicted octanol–water partition coefficient (Wildman–Crippen LogP) is 5.73. The van der Waals surface area contributed by atoms with Gasteiger partial charge in [-0.3, -0.25) is 9.98 Å². The molecule has 2 N–H and O–H groups in total. The van der Waals surface area contributed by atoms with E-state index in [-0.39, 0.29) is 11.5 Å².